The molecule has 0 unspecified atom stereocenters. The summed E-state index contributed by atoms with van der Waals surface area (Å²) in [5.41, 5.74) is 1.21. The van der Waals surface area contributed by atoms with Gasteiger partial charge in [-0.1, -0.05) is 32.1 Å². The minimum atomic E-state index is 1.09. The highest BCUT2D eigenvalue weighted by Crippen LogP contribution is 2.17. The SMILES string of the molecule is c1nc2c(o1)CCCCCCCCC2. The molecule has 0 aliphatic heterocycles. The lowest BCUT2D eigenvalue weighted by Gasteiger charge is -1.98. The Hall–Kier alpha value is -0.790. The Balaban J connectivity index is 1.97. The van der Waals surface area contributed by atoms with Crippen molar-refractivity contribution in [2.45, 2.75) is 57.8 Å². The Labute approximate surface area is 85.7 Å². The normalized spacial score (nSPS) is 19.7. The van der Waals surface area contributed by atoms with Crippen molar-refractivity contribution in [1.82, 2.24) is 4.98 Å². The first-order valence-electron chi connectivity index (χ1n) is 5.88. The summed E-state index contributed by atoms with van der Waals surface area (Å²) in [6.45, 7) is 0. The summed E-state index contributed by atoms with van der Waals surface area (Å²) in [6, 6.07) is 0. The monoisotopic (exact) mass is 193 g/mol. The molecule has 0 atom stereocenters. The van der Waals surface area contributed by atoms with Crippen molar-refractivity contribution in [2.24, 2.45) is 0 Å². The van der Waals surface area contributed by atoms with Crippen LogP contribution in [0.25, 0.3) is 0 Å². The Kier molecular flexibility index (Phi) is 3.61. The van der Waals surface area contributed by atoms with Gasteiger partial charge in [0.2, 0.25) is 0 Å². The fraction of sp³-hybridized carbons (Fsp3) is 0.750. The molecule has 0 radical (unpaired) electrons. The van der Waals surface area contributed by atoms with E-state index in [2.05, 4.69) is 4.98 Å². The van der Waals surface area contributed by atoms with Gasteiger partial charge in [-0.25, -0.2) is 4.98 Å². The lowest BCUT2D eigenvalue weighted by Crippen LogP contribution is -1.92. The van der Waals surface area contributed by atoms with E-state index in [9.17, 15) is 0 Å². The van der Waals surface area contributed by atoms with E-state index in [-0.39, 0.29) is 0 Å². The van der Waals surface area contributed by atoms with Crippen LogP contribution in [0.4, 0.5) is 0 Å². The number of nitrogens with zero attached hydrogens (tertiary/aromatic N) is 1. The molecule has 0 aromatic carbocycles. The van der Waals surface area contributed by atoms with Gasteiger partial charge in [-0.2, -0.15) is 0 Å². The van der Waals surface area contributed by atoms with Crippen LogP contribution in [0.5, 0.6) is 0 Å². The Morgan fingerprint density at radius 2 is 1.50 bits per heavy atom. The first-order valence-corrected chi connectivity index (χ1v) is 5.88. The molecule has 0 spiro atoms. The van der Waals surface area contributed by atoms with Gasteiger partial charge < -0.3 is 4.42 Å². The highest BCUT2D eigenvalue weighted by molar-refractivity contribution is 5.07. The third-order valence-corrected chi connectivity index (χ3v) is 3.04. The molecule has 1 aliphatic rings. The zero-order valence-corrected chi connectivity index (χ0v) is 8.80. The molecule has 1 aromatic rings. The fourth-order valence-corrected chi connectivity index (χ4v) is 2.16. The van der Waals surface area contributed by atoms with Gasteiger partial charge >= 0.3 is 0 Å². The smallest absolute Gasteiger partial charge is 0.181 e. The molecule has 2 rings (SSSR count). The van der Waals surface area contributed by atoms with Gasteiger partial charge in [-0.15, -0.1) is 0 Å². The number of aromatic nitrogens is 1. The minimum absolute atomic E-state index is 1.09. The molecule has 1 heterocycles. The highest BCUT2D eigenvalue weighted by Gasteiger charge is 2.08. The fourth-order valence-electron chi connectivity index (χ4n) is 2.16. The van der Waals surface area contributed by atoms with E-state index in [0.717, 1.165) is 18.6 Å². The number of hydrogen-bond acceptors (Lipinski definition) is 2. The van der Waals surface area contributed by atoms with Crippen LogP contribution in [0.2, 0.25) is 0 Å². The minimum Gasteiger partial charge on any atom is -0.448 e. The van der Waals surface area contributed by atoms with Gasteiger partial charge in [0, 0.05) is 6.42 Å². The second-order valence-corrected chi connectivity index (χ2v) is 4.20. The van der Waals surface area contributed by atoms with E-state index >= 15 is 0 Å². The average Bonchev–Trinajstić information content (AvgIpc) is 2.61. The molecule has 2 heteroatoms. The molecule has 1 aliphatic carbocycles. The maximum absolute atomic E-state index is 5.42. The van der Waals surface area contributed by atoms with Gasteiger partial charge in [0.15, 0.2) is 6.39 Å². The van der Waals surface area contributed by atoms with Crippen LogP contribution in [-0.2, 0) is 12.8 Å². The van der Waals surface area contributed by atoms with Crippen molar-refractivity contribution >= 4 is 0 Å². The van der Waals surface area contributed by atoms with Crippen molar-refractivity contribution in [2.75, 3.05) is 0 Å². The van der Waals surface area contributed by atoms with E-state index in [1.54, 1.807) is 6.39 Å². The molecule has 0 saturated heterocycles. The maximum atomic E-state index is 5.42. The number of aryl methyl sites for hydroxylation is 2. The summed E-state index contributed by atoms with van der Waals surface area (Å²) in [4.78, 5) is 4.29. The standard InChI is InChI=1S/C12H19NO/c1-2-4-6-8-11-12(14-10-13-11)9-7-5-3-1/h10H,1-9H2. The van der Waals surface area contributed by atoms with E-state index in [0.29, 0.717) is 0 Å². The summed E-state index contributed by atoms with van der Waals surface area (Å²) in [5.74, 6) is 1.15. The van der Waals surface area contributed by atoms with Crippen molar-refractivity contribution in [3.8, 4) is 0 Å². The third kappa shape index (κ3) is 2.60. The zero-order chi connectivity index (χ0) is 9.64. The maximum Gasteiger partial charge on any atom is 0.181 e. The number of hydrogen-bond donors (Lipinski definition) is 0. The average molecular weight is 193 g/mol. The summed E-state index contributed by atoms with van der Waals surface area (Å²) in [7, 11) is 0. The van der Waals surface area contributed by atoms with Crippen LogP contribution in [0.15, 0.2) is 10.8 Å². The van der Waals surface area contributed by atoms with E-state index in [4.69, 9.17) is 4.42 Å². The van der Waals surface area contributed by atoms with Gasteiger partial charge in [-0.05, 0) is 19.3 Å². The molecule has 0 fully saturated rings. The van der Waals surface area contributed by atoms with Crippen LogP contribution < -0.4 is 0 Å². The number of fused-ring (bicyclic) bond motifs is 1. The molecule has 14 heavy (non-hydrogen) atoms. The second kappa shape index (κ2) is 5.18. The molecular formula is C12H19NO. The van der Waals surface area contributed by atoms with Crippen LogP contribution in [0.1, 0.15) is 56.4 Å². The highest BCUT2D eigenvalue weighted by atomic mass is 16.3. The van der Waals surface area contributed by atoms with Crippen LogP contribution in [0.3, 0.4) is 0 Å². The molecule has 0 amide bonds. The summed E-state index contributed by atoms with van der Waals surface area (Å²) < 4.78 is 5.42. The Bertz CT molecular complexity index is 243. The molecule has 0 saturated carbocycles. The van der Waals surface area contributed by atoms with E-state index < -0.39 is 0 Å². The zero-order valence-electron chi connectivity index (χ0n) is 8.80. The van der Waals surface area contributed by atoms with Crippen LogP contribution in [-0.4, -0.2) is 4.98 Å². The molecular weight excluding hydrogens is 174 g/mol. The van der Waals surface area contributed by atoms with Crippen molar-refractivity contribution in [3.05, 3.63) is 17.8 Å². The molecule has 0 N–H and O–H groups in total. The second-order valence-electron chi connectivity index (χ2n) is 4.20. The Morgan fingerprint density at radius 1 is 0.857 bits per heavy atom. The molecule has 1 aromatic heterocycles. The van der Waals surface area contributed by atoms with Crippen LogP contribution in [0, 0.1) is 0 Å². The van der Waals surface area contributed by atoms with Gasteiger partial charge in [-0.3, -0.25) is 0 Å². The lowest BCUT2D eigenvalue weighted by molar-refractivity contribution is 0.486. The number of oxazole rings is 1. The summed E-state index contributed by atoms with van der Waals surface area (Å²) in [6.07, 6.45) is 13.3. The van der Waals surface area contributed by atoms with Gasteiger partial charge in [0.1, 0.15) is 5.76 Å². The largest absolute Gasteiger partial charge is 0.448 e. The van der Waals surface area contributed by atoms with E-state index in [1.807, 2.05) is 0 Å². The summed E-state index contributed by atoms with van der Waals surface area (Å²) in [5, 5.41) is 0. The third-order valence-electron chi connectivity index (χ3n) is 3.04. The number of rotatable bonds is 0. The van der Waals surface area contributed by atoms with Crippen LogP contribution >= 0.6 is 0 Å². The summed E-state index contributed by atoms with van der Waals surface area (Å²) >= 11 is 0. The van der Waals surface area contributed by atoms with Crippen molar-refractivity contribution < 1.29 is 4.42 Å². The Morgan fingerprint density at radius 3 is 2.29 bits per heavy atom. The predicted molar refractivity (Wildman–Crippen MR) is 56.2 cm³/mol. The topological polar surface area (TPSA) is 26.0 Å². The molecule has 78 valence electrons. The molecule has 2 nitrogen and oxygen atoms in total. The van der Waals surface area contributed by atoms with Crippen molar-refractivity contribution in [3.63, 3.8) is 0 Å². The van der Waals surface area contributed by atoms with Crippen molar-refractivity contribution in [1.29, 1.82) is 0 Å². The van der Waals surface area contributed by atoms with E-state index in [1.165, 1.54) is 50.6 Å². The first-order chi connectivity index (χ1) is 6.97. The first kappa shape index (κ1) is 9.75. The van der Waals surface area contributed by atoms with Gasteiger partial charge in [0.05, 0.1) is 5.69 Å². The quantitative estimate of drug-likeness (QED) is 0.630. The van der Waals surface area contributed by atoms with Gasteiger partial charge in [0.25, 0.3) is 0 Å². The molecule has 0 bridgehead atoms. The predicted octanol–water partition coefficient (Wildman–Crippen LogP) is 3.50. The lowest BCUT2D eigenvalue weighted by atomic mass is 10.1.